The van der Waals surface area contributed by atoms with E-state index in [9.17, 15) is 0 Å². The number of hydrogen-bond donors (Lipinski definition) is 3. The summed E-state index contributed by atoms with van der Waals surface area (Å²) in [6.07, 6.45) is 0.838. The number of ether oxygens (including phenoxy) is 1. The van der Waals surface area contributed by atoms with Crippen molar-refractivity contribution in [1.82, 2.24) is 5.32 Å². The monoisotopic (exact) mass is 191 g/mol. The molecule has 4 nitrogen and oxygen atoms in total. The van der Waals surface area contributed by atoms with E-state index in [0.29, 0.717) is 19.1 Å². The van der Waals surface area contributed by atoms with Gasteiger partial charge in [-0.1, -0.05) is 6.92 Å². The Morgan fingerprint density at radius 1 is 1.23 bits per heavy atom. The van der Waals surface area contributed by atoms with Crippen LogP contribution in [0.25, 0.3) is 0 Å². The van der Waals surface area contributed by atoms with Gasteiger partial charge in [0.25, 0.3) is 0 Å². The molecule has 0 amide bonds. The van der Waals surface area contributed by atoms with Crippen LogP contribution in [0.3, 0.4) is 0 Å². The molecule has 0 aliphatic rings. The number of aliphatic hydroxyl groups is 2. The Bertz CT molecular complexity index is 101. The standard InChI is InChI=1S/C9H21NO3/c1-9(2-4-11)8-10-3-6-13-7-5-12/h9-12H,2-8H2,1H3. The molecule has 80 valence electrons. The zero-order valence-electron chi connectivity index (χ0n) is 8.33. The molecule has 0 aliphatic heterocycles. The molecule has 0 heterocycles. The molecule has 0 saturated carbocycles. The van der Waals surface area contributed by atoms with Crippen LogP contribution in [-0.4, -0.2) is 49.7 Å². The van der Waals surface area contributed by atoms with Gasteiger partial charge >= 0.3 is 0 Å². The summed E-state index contributed by atoms with van der Waals surface area (Å²) in [7, 11) is 0. The van der Waals surface area contributed by atoms with E-state index in [0.717, 1.165) is 19.5 Å². The van der Waals surface area contributed by atoms with E-state index in [-0.39, 0.29) is 13.2 Å². The number of hydrogen-bond acceptors (Lipinski definition) is 4. The number of aliphatic hydroxyl groups excluding tert-OH is 2. The first-order valence-corrected chi connectivity index (χ1v) is 4.81. The summed E-state index contributed by atoms with van der Waals surface area (Å²) in [4.78, 5) is 0. The van der Waals surface area contributed by atoms with Crippen molar-refractivity contribution in [2.24, 2.45) is 5.92 Å². The normalized spacial score (nSPS) is 13.2. The molecule has 1 unspecified atom stereocenters. The SMILES string of the molecule is CC(CCO)CNCCOCCO. The average molecular weight is 191 g/mol. The van der Waals surface area contributed by atoms with Gasteiger partial charge in [0.15, 0.2) is 0 Å². The van der Waals surface area contributed by atoms with Crippen LogP contribution in [-0.2, 0) is 4.74 Å². The van der Waals surface area contributed by atoms with E-state index in [4.69, 9.17) is 14.9 Å². The molecular weight excluding hydrogens is 170 g/mol. The third-order valence-corrected chi connectivity index (χ3v) is 1.77. The number of nitrogens with one attached hydrogen (secondary N) is 1. The first kappa shape index (κ1) is 12.8. The molecule has 0 rings (SSSR count). The predicted octanol–water partition coefficient (Wildman–Crippen LogP) is -0.397. The van der Waals surface area contributed by atoms with Crippen molar-refractivity contribution in [2.75, 3.05) is 39.5 Å². The maximum absolute atomic E-state index is 8.63. The zero-order valence-corrected chi connectivity index (χ0v) is 8.33. The van der Waals surface area contributed by atoms with E-state index in [1.807, 2.05) is 0 Å². The zero-order chi connectivity index (χ0) is 9.94. The molecule has 1 atom stereocenters. The first-order chi connectivity index (χ1) is 6.31. The lowest BCUT2D eigenvalue weighted by molar-refractivity contribution is 0.0934. The fourth-order valence-corrected chi connectivity index (χ4v) is 0.982. The summed E-state index contributed by atoms with van der Waals surface area (Å²) < 4.78 is 5.06. The van der Waals surface area contributed by atoms with Crippen molar-refractivity contribution in [3.63, 3.8) is 0 Å². The van der Waals surface area contributed by atoms with Crippen molar-refractivity contribution in [1.29, 1.82) is 0 Å². The molecule has 13 heavy (non-hydrogen) atoms. The minimum absolute atomic E-state index is 0.0842. The Labute approximate surface area is 79.9 Å². The van der Waals surface area contributed by atoms with Crippen molar-refractivity contribution in [3.05, 3.63) is 0 Å². The van der Waals surface area contributed by atoms with Gasteiger partial charge in [-0.05, 0) is 18.9 Å². The van der Waals surface area contributed by atoms with Gasteiger partial charge in [0.1, 0.15) is 0 Å². The predicted molar refractivity (Wildman–Crippen MR) is 51.6 cm³/mol. The van der Waals surface area contributed by atoms with Crippen LogP contribution in [0.2, 0.25) is 0 Å². The van der Waals surface area contributed by atoms with Gasteiger partial charge in [-0.2, -0.15) is 0 Å². The maximum Gasteiger partial charge on any atom is 0.0698 e. The smallest absolute Gasteiger partial charge is 0.0698 e. The molecule has 4 heteroatoms. The fourth-order valence-electron chi connectivity index (χ4n) is 0.982. The van der Waals surface area contributed by atoms with Crippen LogP contribution >= 0.6 is 0 Å². The second kappa shape index (κ2) is 9.92. The van der Waals surface area contributed by atoms with Crippen molar-refractivity contribution < 1.29 is 14.9 Å². The van der Waals surface area contributed by atoms with E-state index < -0.39 is 0 Å². The van der Waals surface area contributed by atoms with Crippen LogP contribution in [0, 0.1) is 5.92 Å². The van der Waals surface area contributed by atoms with Crippen molar-refractivity contribution in [3.8, 4) is 0 Å². The summed E-state index contributed by atoms with van der Waals surface area (Å²) >= 11 is 0. The Morgan fingerprint density at radius 2 is 2.00 bits per heavy atom. The van der Waals surface area contributed by atoms with Gasteiger partial charge in [-0.3, -0.25) is 0 Å². The lowest BCUT2D eigenvalue weighted by Gasteiger charge is -2.10. The van der Waals surface area contributed by atoms with E-state index >= 15 is 0 Å². The highest BCUT2D eigenvalue weighted by Crippen LogP contribution is 1.97. The third-order valence-electron chi connectivity index (χ3n) is 1.77. The number of rotatable bonds is 9. The van der Waals surface area contributed by atoms with Gasteiger partial charge < -0.3 is 20.3 Å². The van der Waals surface area contributed by atoms with Gasteiger partial charge in [0, 0.05) is 13.2 Å². The van der Waals surface area contributed by atoms with Gasteiger partial charge in [0.2, 0.25) is 0 Å². The summed E-state index contributed by atoms with van der Waals surface area (Å²) in [5.74, 6) is 0.503. The quantitative estimate of drug-likeness (QED) is 0.434. The maximum atomic E-state index is 8.63. The summed E-state index contributed by atoms with van der Waals surface area (Å²) in [6, 6.07) is 0. The summed E-state index contributed by atoms with van der Waals surface area (Å²) in [5.41, 5.74) is 0. The molecule has 0 aromatic rings. The van der Waals surface area contributed by atoms with Crippen molar-refractivity contribution in [2.45, 2.75) is 13.3 Å². The first-order valence-electron chi connectivity index (χ1n) is 4.81. The summed E-state index contributed by atoms with van der Waals surface area (Å²) in [5, 5.41) is 20.2. The van der Waals surface area contributed by atoms with Crippen LogP contribution in [0.1, 0.15) is 13.3 Å². The van der Waals surface area contributed by atoms with Crippen LogP contribution < -0.4 is 5.32 Å². The molecule has 0 spiro atoms. The Balaban J connectivity index is 2.97. The van der Waals surface area contributed by atoms with Crippen LogP contribution in [0.5, 0.6) is 0 Å². The van der Waals surface area contributed by atoms with E-state index in [1.54, 1.807) is 0 Å². The minimum Gasteiger partial charge on any atom is -0.396 e. The van der Waals surface area contributed by atoms with Gasteiger partial charge in [0.05, 0.1) is 19.8 Å². The van der Waals surface area contributed by atoms with E-state index in [1.165, 1.54) is 0 Å². The highest BCUT2D eigenvalue weighted by molar-refractivity contribution is 4.55. The second-order valence-corrected chi connectivity index (χ2v) is 3.16. The minimum atomic E-state index is 0.0842. The highest BCUT2D eigenvalue weighted by atomic mass is 16.5. The molecular formula is C9H21NO3. The molecule has 0 aromatic carbocycles. The Hall–Kier alpha value is -0.160. The molecule has 0 aliphatic carbocycles. The molecule has 0 radical (unpaired) electrons. The average Bonchev–Trinajstić information content (AvgIpc) is 2.11. The molecule has 3 N–H and O–H groups in total. The van der Waals surface area contributed by atoms with Crippen molar-refractivity contribution >= 4 is 0 Å². The molecule has 0 saturated heterocycles. The largest absolute Gasteiger partial charge is 0.396 e. The van der Waals surface area contributed by atoms with Crippen LogP contribution in [0.4, 0.5) is 0 Å². The Kier molecular flexibility index (Phi) is 9.80. The fraction of sp³-hybridized carbons (Fsp3) is 1.00. The lowest BCUT2D eigenvalue weighted by Crippen LogP contribution is -2.25. The Morgan fingerprint density at radius 3 is 2.62 bits per heavy atom. The molecule has 0 bridgehead atoms. The second-order valence-electron chi connectivity index (χ2n) is 3.16. The molecule has 0 aromatic heterocycles. The summed E-state index contributed by atoms with van der Waals surface area (Å²) in [6.45, 7) is 5.18. The van der Waals surface area contributed by atoms with Gasteiger partial charge in [-0.25, -0.2) is 0 Å². The highest BCUT2D eigenvalue weighted by Gasteiger charge is 1.99. The lowest BCUT2D eigenvalue weighted by atomic mass is 10.1. The topological polar surface area (TPSA) is 61.7 Å². The van der Waals surface area contributed by atoms with Crippen LogP contribution in [0.15, 0.2) is 0 Å². The van der Waals surface area contributed by atoms with Gasteiger partial charge in [-0.15, -0.1) is 0 Å². The van der Waals surface area contributed by atoms with E-state index in [2.05, 4.69) is 12.2 Å². The molecule has 0 fully saturated rings. The third kappa shape index (κ3) is 9.76.